The maximum absolute atomic E-state index is 14.2. The summed E-state index contributed by atoms with van der Waals surface area (Å²) in [7, 11) is 0. The van der Waals surface area contributed by atoms with E-state index in [-0.39, 0.29) is 11.8 Å². The normalized spacial score (nSPS) is 15.9. The molecule has 38 heavy (non-hydrogen) atoms. The van der Waals surface area contributed by atoms with Crippen LogP contribution in [0.4, 0.5) is 5.82 Å². The number of rotatable bonds is 5. The van der Waals surface area contributed by atoms with Gasteiger partial charge in [0.1, 0.15) is 5.82 Å². The first kappa shape index (κ1) is 24.4. The first-order valence-electron chi connectivity index (χ1n) is 13.8. The molecule has 0 unspecified atom stereocenters. The molecule has 192 valence electrons. The molecule has 4 aromatic rings. The van der Waals surface area contributed by atoms with E-state index in [1.165, 1.54) is 0 Å². The number of piperidine rings is 1. The third kappa shape index (κ3) is 4.93. The van der Waals surface area contributed by atoms with E-state index in [4.69, 9.17) is 9.97 Å². The lowest BCUT2D eigenvalue weighted by atomic mass is 9.89. The van der Waals surface area contributed by atoms with Gasteiger partial charge in [-0.1, -0.05) is 97.9 Å². The predicted octanol–water partition coefficient (Wildman–Crippen LogP) is 6.10. The largest absolute Gasteiger partial charge is 0.356 e. The molecule has 0 aliphatic carbocycles. The molecule has 0 atom stereocenters. The van der Waals surface area contributed by atoms with Gasteiger partial charge in [-0.2, -0.15) is 0 Å². The molecular weight excluding hydrogens is 468 g/mol. The van der Waals surface area contributed by atoms with Gasteiger partial charge in [0.2, 0.25) is 5.91 Å². The molecule has 1 amide bonds. The van der Waals surface area contributed by atoms with Crippen molar-refractivity contribution in [2.24, 2.45) is 5.92 Å². The van der Waals surface area contributed by atoms with Crippen LogP contribution in [0.3, 0.4) is 0 Å². The van der Waals surface area contributed by atoms with Gasteiger partial charge in [0.05, 0.1) is 18.2 Å². The van der Waals surface area contributed by atoms with Gasteiger partial charge in [-0.25, -0.2) is 9.97 Å². The second-order valence-electron chi connectivity index (χ2n) is 10.6. The maximum Gasteiger partial charge on any atom is 0.234 e. The zero-order chi connectivity index (χ0) is 25.9. The molecule has 0 spiro atoms. The monoisotopic (exact) mass is 502 g/mol. The number of benzene rings is 3. The summed E-state index contributed by atoms with van der Waals surface area (Å²) < 4.78 is 0. The van der Waals surface area contributed by atoms with E-state index >= 15 is 0 Å². The third-order valence-corrected chi connectivity index (χ3v) is 7.98. The van der Waals surface area contributed by atoms with Gasteiger partial charge in [-0.15, -0.1) is 0 Å². The zero-order valence-electron chi connectivity index (χ0n) is 22.0. The van der Waals surface area contributed by atoms with Crippen LogP contribution in [0.2, 0.25) is 0 Å². The topological polar surface area (TPSA) is 49.3 Å². The van der Waals surface area contributed by atoms with Crippen molar-refractivity contribution in [3.8, 4) is 11.4 Å². The highest BCUT2D eigenvalue weighted by atomic mass is 16.2. The van der Waals surface area contributed by atoms with Crippen LogP contribution in [0, 0.1) is 5.92 Å². The number of carbonyl (C=O) groups excluding carboxylic acids is 1. The van der Waals surface area contributed by atoms with E-state index in [9.17, 15) is 4.79 Å². The van der Waals surface area contributed by atoms with Crippen LogP contribution < -0.4 is 4.90 Å². The number of hydrogen-bond donors (Lipinski definition) is 0. The Balaban J connectivity index is 1.37. The van der Waals surface area contributed by atoms with Crippen molar-refractivity contribution >= 4 is 11.7 Å². The molecule has 2 aliphatic heterocycles. The number of nitrogens with zero attached hydrogens (tertiary/aromatic N) is 4. The molecule has 0 bridgehead atoms. The van der Waals surface area contributed by atoms with Crippen LogP contribution in [0.25, 0.3) is 11.4 Å². The molecule has 1 saturated heterocycles. The van der Waals surface area contributed by atoms with Crippen molar-refractivity contribution in [2.75, 3.05) is 24.5 Å². The maximum atomic E-state index is 14.2. The number of hydrogen-bond acceptors (Lipinski definition) is 4. The molecule has 5 nitrogen and oxygen atoms in total. The summed E-state index contributed by atoms with van der Waals surface area (Å²) in [4.78, 5) is 28.8. The van der Waals surface area contributed by atoms with E-state index in [2.05, 4.69) is 48.2 Å². The fourth-order valence-corrected chi connectivity index (χ4v) is 5.73. The van der Waals surface area contributed by atoms with Crippen LogP contribution in [0.5, 0.6) is 0 Å². The van der Waals surface area contributed by atoms with E-state index in [1.807, 2.05) is 59.5 Å². The van der Waals surface area contributed by atoms with Gasteiger partial charge in [0, 0.05) is 37.2 Å². The zero-order valence-corrected chi connectivity index (χ0v) is 22.0. The Morgan fingerprint density at radius 1 is 0.789 bits per heavy atom. The molecule has 3 heterocycles. The summed E-state index contributed by atoms with van der Waals surface area (Å²) in [6.45, 7) is 5.51. The van der Waals surface area contributed by atoms with Crippen molar-refractivity contribution in [1.29, 1.82) is 0 Å². The summed E-state index contributed by atoms with van der Waals surface area (Å²) in [6, 6.07) is 30.5. The molecule has 3 aromatic carbocycles. The lowest BCUT2D eigenvalue weighted by molar-refractivity contribution is -0.132. The van der Waals surface area contributed by atoms with Gasteiger partial charge >= 0.3 is 0 Å². The van der Waals surface area contributed by atoms with E-state index in [1.54, 1.807) is 0 Å². The Morgan fingerprint density at radius 3 is 1.97 bits per heavy atom. The Bertz CT molecular complexity index is 1340. The first-order valence-corrected chi connectivity index (χ1v) is 13.8. The fraction of sp³-hybridized carbons (Fsp3) is 0.303. The average molecular weight is 503 g/mol. The van der Waals surface area contributed by atoms with Crippen LogP contribution in [-0.4, -0.2) is 40.4 Å². The van der Waals surface area contributed by atoms with E-state index < -0.39 is 0 Å². The van der Waals surface area contributed by atoms with Crippen molar-refractivity contribution in [3.05, 3.63) is 113 Å². The third-order valence-electron chi connectivity index (χ3n) is 7.98. The molecule has 1 aromatic heterocycles. The minimum absolute atomic E-state index is 0.137. The number of carbonyl (C=O) groups is 1. The smallest absolute Gasteiger partial charge is 0.234 e. The molecule has 2 aliphatic rings. The molecule has 0 radical (unpaired) electrons. The van der Waals surface area contributed by atoms with Gasteiger partial charge < -0.3 is 9.80 Å². The summed E-state index contributed by atoms with van der Waals surface area (Å²) in [5.74, 6) is 2.33. The Kier molecular flexibility index (Phi) is 6.91. The first-order chi connectivity index (χ1) is 18.7. The van der Waals surface area contributed by atoms with Gasteiger partial charge in [-0.3, -0.25) is 4.79 Å². The fourth-order valence-electron chi connectivity index (χ4n) is 5.73. The Morgan fingerprint density at radius 2 is 1.37 bits per heavy atom. The van der Waals surface area contributed by atoms with Crippen molar-refractivity contribution in [3.63, 3.8) is 0 Å². The van der Waals surface area contributed by atoms with Crippen LogP contribution in [0.1, 0.15) is 48.1 Å². The average Bonchev–Trinajstić information content (AvgIpc) is 2.98. The number of amides is 1. The van der Waals surface area contributed by atoms with Crippen molar-refractivity contribution in [2.45, 2.75) is 38.6 Å². The summed E-state index contributed by atoms with van der Waals surface area (Å²) >= 11 is 0. The Labute approximate surface area is 225 Å². The van der Waals surface area contributed by atoms with Crippen LogP contribution in [-0.2, 0) is 17.8 Å². The van der Waals surface area contributed by atoms with E-state index in [0.717, 1.165) is 77.9 Å². The highest BCUT2D eigenvalue weighted by molar-refractivity contribution is 5.87. The molecule has 5 heteroatoms. The number of aromatic nitrogens is 2. The van der Waals surface area contributed by atoms with Crippen molar-refractivity contribution in [1.82, 2.24) is 14.9 Å². The molecule has 6 rings (SSSR count). The number of fused-ring (bicyclic) bond motifs is 1. The molecular formula is C33H34N4O. The molecule has 0 saturated carbocycles. The SMILES string of the molecule is CC1CCN(c2nc(-c3ccccc3)nc3c2CN(C(=O)C(c2ccccc2)c2ccccc2)CC3)CC1. The van der Waals surface area contributed by atoms with Crippen LogP contribution >= 0.6 is 0 Å². The second-order valence-corrected chi connectivity index (χ2v) is 10.6. The summed E-state index contributed by atoms with van der Waals surface area (Å²) in [5.41, 5.74) is 5.27. The van der Waals surface area contributed by atoms with Gasteiger partial charge in [-0.05, 0) is 29.9 Å². The highest BCUT2D eigenvalue weighted by Gasteiger charge is 2.33. The summed E-state index contributed by atoms with van der Waals surface area (Å²) in [6.07, 6.45) is 3.05. The number of anilines is 1. The molecule has 1 fully saturated rings. The molecule has 0 N–H and O–H groups in total. The minimum atomic E-state index is -0.331. The summed E-state index contributed by atoms with van der Waals surface area (Å²) in [5, 5.41) is 0. The standard InChI is InChI=1S/C33H34N4O/c1-24-17-20-36(21-18-24)32-28-23-37(22-19-29(28)34-31(35-32)27-15-9-4-10-16-27)33(38)30(25-11-5-2-6-12-25)26-13-7-3-8-14-26/h2-16,24,30H,17-23H2,1H3. The highest BCUT2D eigenvalue weighted by Crippen LogP contribution is 2.34. The van der Waals surface area contributed by atoms with Gasteiger partial charge in [0.25, 0.3) is 0 Å². The lowest BCUT2D eigenvalue weighted by Gasteiger charge is -2.37. The van der Waals surface area contributed by atoms with Crippen molar-refractivity contribution < 1.29 is 4.79 Å². The van der Waals surface area contributed by atoms with Crippen LogP contribution in [0.15, 0.2) is 91.0 Å². The van der Waals surface area contributed by atoms with Gasteiger partial charge in [0.15, 0.2) is 5.82 Å². The Hall–Kier alpha value is -3.99. The quantitative estimate of drug-likeness (QED) is 0.331. The predicted molar refractivity (Wildman–Crippen MR) is 152 cm³/mol. The second kappa shape index (κ2) is 10.8. The lowest BCUT2D eigenvalue weighted by Crippen LogP contribution is -2.41. The minimum Gasteiger partial charge on any atom is -0.356 e. The van der Waals surface area contributed by atoms with E-state index in [0.29, 0.717) is 13.1 Å².